The number of hydrogen-bond donors (Lipinski definition) is 0. The van der Waals surface area contributed by atoms with E-state index in [1.807, 2.05) is 42.5 Å². The normalized spacial score (nSPS) is 13.9. The molecule has 0 atom stereocenters. The van der Waals surface area contributed by atoms with Crippen LogP contribution >= 0.6 is 27.5 Å². The van der Waals surface area contributed by atoms with Crippen LogP contribution in [0.25, 0.3) is 0 Å². The van der Waals surface area contributed by atoms with Gasteiger partial charge < -0.3 is 9.64 Å². The van der Waals surface area contributed by atoms with Crippen LogP contribution in [0, 0.1) is 0 Å². The average Bonchev–Trinajstić information content (AvgIpc) is 2.44. The van der Waals surface area contributed by atoms with Gasteiger partial charge in [-0.3, -0.25) is 4.79 Å². The third kappa shape index (κ3) is 2.53. The van der Waals surface area contributed by atoms with E-state index in [-0.39, 0.29) is 12.5 Å². The number of fused-ring (bicyclic) bond motifs is 1. The van der Waals surface area contributed by atoms with Crippen LogP contribution in [0.4, 0.5) is 5.69 Å². The van der Waals surface area contributed by atoms with Gasteiger partial charge in [0.1, 0.15) is 0 Å². The molecule has 5 heteroatoms. The number of anilines is 1. The Morgan fingerprint density at radius 1 is 1.20 bits per heavy atom. The molecule has 3 nitrogen and oxygen atoms in total. The van der Waals surface area contributed by atoms with Crippen LogP contribution in [0.1, 0.15) is 5.56 Å². The zero-order valence-electron chi connectivity index (χ0n) is 10.5. The summed E-state index contributed by atoms with van der Waals surface area (Å²) in [4.78, 5) is 13.8. The van der Waals surface area contributed by atoms with Crippen molar-refractivity contribution in [3.63, 3.8) is 0 Å². The maximum Gasteiger partial charge on any atom is 0.265 e. The van der Waals surface area contributed by atoms with E-state index in [9.17, 15) is 4.79 Å². The van der Waals surface area contributed by atoms with Crippen molar-refractivity contribution in [3.8, 4) is 5.75 Å². The predicted octanol–water partition coefficient (Wildman–Crippen LogP) is 4.03. The van der Waals surface area contributed by atoms with Crippen LogP contribution in [-0.2, 0) is 11.3 Å². The Balaban J connectivity index is 1.95. The Hall–Kier alpha value is -1.52. The molecule has 0 spiro atoms. The zero-order chi connectivity index (χ0) is 14.1. The fourth-order valence-corrected chi connectivity index (χ4v) is 2.74. The van der Waals surface area contributed by atoms with E-state index in [2.05, 4.69) is 15.9 Å². The second-order valence-corrected chi connectivity index (χ2v) is 5.77. The molecule has 1 aliphatic heterocycles. The van der Waals surface area contributed by atoms with Gasteiger partial charge in [-0.05, 0) is 45.8 Å². The lowest BCUT2D eigenvalue weighted by Gasteiger charge is -2.30. The highest BCUT2D eigenvalue weighted by Crippen LogP contribution is 2.38. The number of carbonyl (C=O) groups excluding carboxylic acids is 1. The van der Waals surface area contributed by atoms with E-state index < -0.39 is 0 Å². The van der Waals surface area contributed by atoms with Crippen LogP contribution in [0.2, 0.25) is 5.02 Å². The smallest absolute Gasteiger partial charge is 0.265 e. The lowest BCUT2D eigenvalue weighted by molar-refractivity contribution is -0.121. The summed E-state index contributed by atoms with van der Waals surface area (Å²) in [6, 6.07) is 13.2. The Kier molecular flexibility index (Phi) is 3.68. The quantitative estimate of drug-likeness (QED) is 0.817. The molecule has 0 aromatic heterocycles. The molecule has 0 saturated carbocycles. The van der Waals surface area contributed by atoms with Crippen molar-refractivity contribution in [1.82, 2.24) is 0 Å². The third-order valence-electron chi connectivity index (χ3n) is 3.13. The Morgan fingerprint density at radius 3 is 2.70 bits per heavy atom. The molecule has 0 saturated heterocycles. The van der Waals surface area contributed by atoms with Crippen molar-refractivity contribution >= 4 is 39.1 Å². The summed E-state index contributed by atoms with van der Waals surface area (Å²) in [5.41, 5.74) is 1.81. The maximum absolute atomic E-state index is 12.1. The molecule has 0 N–H and O–H groups in total. The fraction of sp³-hybridized carbons (Fsp3) is 0.133. The molecule has 3 rings (SSSR count). The van der Waals surface area contributed by atoms with Crippen LogP contribution in [0.15, 0.2) is 46.9 Å². The molecule has 0 fully saturated rings. The van der Waals surface area contributed by atoms with E-state index in [4.69, 9.17) is 16.3 Å². The first-order valence-corrected chi connectivity index (χ1v) is 7.28. The van der Waals surface area contributed by atoms with E-state index in [1.54, 1.807) is 4.90 Å². The molecule has 1 aliphatic rings. The van der Waals surface area contributed by atoms with Crippen molar-refractivity contribution < 1.29 is 9.53 Å². The van der Waals surface area contributed by atoms with Gasteiger partial charge in [0, 0.05) is 5.02 Å². The third-order valence-corrected chi connectivity index (χ3v) is 4.01. The largest absolute Gasteiger partial charge is 0.480 e. The standard InChI is InChI=1S/C15H11BrClNO2/c16-12-2-1-3-13-15(12)20-9-14(19)18(13)8-10-4-6-11(17)7-5-10/h1-7H,8-9H2. The van der Waals surface area contributed by atoms with Gasteiger partial charge in [-0.1, -0.05) is 29.8 Å². The molecule has 0 unspecified atom stereocenters. The number of halogens is 2. The SMILES string of the molecule is O=C1COc2c(Br)cccc2N1Cc1ccc(Cl)cc1. The van der Waals surface area contributed by atoms with E-state index in [0.29, 0.717) is 17.3 Å². The van der Waals surface area contributed by atoms with Crippen LogP contribution in [-0.4, -0.2) is 12.5 Å². The zero-order valence-corrected chi connectivity index (χ0v) is 12.8. The minimum Gasteiger partial charge on any atom is -0.480 e. The lowest BCUT2D eigenvalue weighted by Crippen LogP contribution is -2.38. The van der Waals surface area contributed by atoms with Crippen molar-refractivity contribution in [2.45, 2.75) is 6.54 Å². The molecule has 2 aromatic rings. The second-order valence-electron chi connectivity index (χ2n) is 4.48. The number of benzene rings is 2. The highest BCUT2D eigenvalue weighted by molar-refractivity contribution is 9.10. The summed E-state index contributed by atoms with van der Waals surface area (Å²) in [5.74, 6) is 0.659. The molecule has 1 heterocycles. The number of nitrogens with zero attached hydrogens (tertiary/aromatic N) is 1. The molecule has 0 radical (unpaired) electrons. The van der Waals surface area contributed by atoms with Crippen molar-refractivity contribution in [1.29, 1.82) is 0 Å². The summed E-state index contributed by atoms with van der Waals surface area (Å²) in [5, 5.41) is 0.685. The molecule has 0 bridgehead atoms. The van der Waals surface area contributed by atoms with Crippen LogP contribution < -0.4 is 9.64 Å². The van der Waals surface area contributed by atoms with Crippen LogP contribution in [0.3, 0.4) is 0 Å². The first kappa shape index (κ1) is 13.5. The first-order chi connectivity index (χ1) is 9.65. The van der Waals surface area contributed by atoms with Gasteiger partial charge in [-0.2, -0.15) is 0 Å². The van der Waals surface area contributed by atoms with Gasteiger partial charge >= 0.3 is 0 Å². The van der Waals surface area contributed by atoms with E-state index >= 15 is 0 Å². The summed E-state index contributed by atoms with van der Waals surface area (Å²) >= 11 is 9.32. The molecule has 102 valence electrons. The molecule has 20 heavy (non-hydrogen) atoms. The minimum atomic E-state index is -0.0504. The Morgan fingerprint density at radius 2 is 1.95 bits per heavy atom. The maximum atomic E-state index is 12.1. The highest BCUT2D eigenvalue weighted by Gasteiger charge is 2.26. The number of hydrogen-bond acceptors (Lipinski definition) is 2. The fourth-order valence-electron chi connectivity index (χ4n) is 2.14. The average molecular weight is 353 g/mol. The van der Waals surface area contributed by atoms with Crippen LogP contribution in [0.5, 0.6) is 5.75 Å². The molecular weight excluding hydrogens is 342 g/mol. The molecule has 2 aromatic carbocycles. The lowest BCUT2D eigenvalue weighted by atomic mass is 10.1. The Labute approximate surface area is 130 Å². The predicted molar refractivity (Wildman–Crippen MR) is 82.3 cm³/mol. The summed E-state index contributed by atoms with van der Waals surface area (Å²) in [6.45, 7) is 0.562. The minimum absolute atomic E-state index is 0.0504. The summed E-state index contributed by atoms with van der Waals surface area (Å²) in [7, 11) is 0. The number of ether oxygens (including phenoxy) is 1. The van der Waals surface area contributed by atoms with Gasteiger partial charge in [-0.15, -0.1) is 0 Å². The highest BCUT2D eigenvalue weighted by atomic mass is 79.9. The Bertz CT molecular complexity index is 657. The van der Waals surface area contributed by atoms with Gasteiger partial charge in [0.15, 0.2) is 12.4 Å². The monoisotopic (exact) mass is 351 g/mol. The summed E-state index contributed by atoms with van der Waals surface area (Å²) < 4.78 is 6.34. The van der Waals surface area contributed by atoms with Gasteiger partial charge in [0.25, 0.3) is 5.91 Å². The second kappa shape index (κ2) is 5.46. The number of para-hydroxylation sites is 1. The van der Waals surface area contributed by atoms with Gasteiger partial charge in [0.2, 0.25) is 0 Å². The van der Waals surface area contributed by atoms with Crippen molar-refractivity contribution in [3.05, 3.63) is 57.5 Å². The topological polar surface area (TPSA) is 29.5 Å². The number of rotatable bonds is 2. The molecule has 1 amide bonds. The molecular formula is C15H11BrClNO2. The summed E-state index contributed by atoms with van der Waals surface area (Å²) in [6.07, 6.45) is 0. The number of carbonyl (C=O) groups is 1. The molecule has 0 aliphatic carbocycles. The van der Waals surface area contributed by atoms with E-state index in [0.717, 1.165) is 15.7 Å². The van der Waals surface area contributed by atoms with E-state index in [1.165, 1.54) is 0 Å². The first-order valence-electron chi connectivity index (χ1n) is 6.11. The van der Waals surface area contributed by atoms with Crippen molar-refractivity contribution in [2.75, 3.05) is 11.5 Å². The number of amides is 1. The van der Waals surface area contributed by atoms with Gasteiger partial charge in [-0.25, -0.2) is 0 Å². The van der Waals surface area contributed by atoms with Crippen molar-refractivity contribution in [2.24, 2.45) is 0 Å². The van der Waals surface area contributed by atoms with Gasteiger partial charge in [0.05, 0.1) is 16.7 Å².